The lowest BCUT2D eigenvalue weighted by atomic mass is 9.88. The molecule has 136 valence electrons. The van der Waals surface area contributed by atoms with Crippen molar-refractivity contribution in [2.24, 2.45) is 0 Å². The number of aryl methyl sites for hydroxylation is 1. The molecule has 0 bridgehead atoms. The molecule has 3 rings (SSSR count). The second-order valence-electron chi connectivity index (χ2n) is 7.26. The minimum Gasteiger partial charge on any atom is -0.490 e. The van der Waals surface area contributed by atoms with Gasteiger partial charge in [0.1, 0.15) is 23.7 Å². The van der Waals surface area contributed by atoms with Crippen LogP contribution in [0.25, 0.3) is 0 Å². The zero-order valence-electron chi connectivity index (χ0n) is 15.5. The Morgan fingerprint density at radius 3 is 2.73 bits per heavy atom. The van der Waals surface area contributed by atoms with E-state index >= 15 is 0 Å². The molecule has 2 aromatic rings. The van der Waals surface area contributed by atoms with Crippen LogP contribution in [0.1, 0.15) is 47.8 Å². The van der Waals surface area contributed by atoms with Crippen molar-refractivity contribution in [2.75, 3.05) is 6.61 Å². The third-order valence-corrected chi connectivity index (χ3v) is 4.41. The average molecular weight is 351 g/mol. The molecule has 1 atom stereocenters. The number of rotatable bonds is 5. The Kier molecular flexibility index (Phi) is 5.03. The number of carbonyl (C=O) groups is 1. The van der Waals surface area contributed by atoms with Crippen molar-refractivity contribution in [1.82, 2.24) is 5.32 Å². The fraction of sp³-hybridized carbons (Fsp3) is 0.318. The van der Waals surface area contributed by atoms with E-state index in [1.165, 1.54) is 0 Å². The fourth-order valence-electron chi connectivity index (χ4n) is 3.20. The van der Waals surface area contributed by atoms with E-state index < -0.39 is 0 Å². The van der Waals surface area contributed by atoms with E-state index in [0.717, 1.165) is 29.0 Å². The molecule has 26 heavy (non-hydrogen) atoms. The van der Waals surface area contributed by atoms with Crippen molar-refractivity contribution in [1.29, 1.82) is 0 Å². The summed E-state index contributed by atoms with van der Waals surface area (Å²) in [5, 5.41) is 3.16. The summed E-state index contributed by atoms with van der Waals surface area (Å²) in [6, 6.07) is 13.1. The lowest BCUT2D eigenvalue weighted by molar-refractivity contribution is 0.0619. The summed E-state index contributed by atoms with van der Waals surface area (Å²) < 4.78 is 11.5. The summed E-state index contributed by atoms with van der Waals surface area (Å²) in [7, 11) is 0. The quantitative estimate of drug-likeness (QED) is 0.801. The summed E-state index contributed by atoms with van der Waals surface area (Å²) >= 11 is 0. The van der Waals surface area contributed by atoms with Crippen molar-refractivity contribution in [3.05, 3.63) is 71.8 Å². The number of amides is 1. The van der Waals surface area contributed by atoms with Crippen LogP contribution in [0.5, 0.6) is 11.5 Å². The van der Waals surface area contributed by atoms with Crippen LogP contribution in [0.4, 0.5) is 0 Å². The second-order valence-corrected chi connectivity index (χ2v) is 7.26. The minimum atomic E-state index is -0.331. The zero-order chi connectivity index (χ0) is 18.7. The number of carbonyl (C=O) groups excluding carboxylic acids is 1. The smallest absolute Gasteiger partial charge is 0.251 e. The molecular formula is C22H25NO3. The number of ether oxygens (including phenoxy) is 2. The Bertz CT molecular complexity index is 809. The van der Waals surface area contributed by atoms with Crippen LogP contribution in [0, 0.1) is 6.92 Å². The largest absolute Gasteiger partial charge is 0.490 e. The molecule has 4 heteroatoms. The van der Waals surface area contributed by atoms with Gasteiger partial charge in [0.15, 0.2) is 0 Å². The topological polar surface area (TPSA) is 47.6 Å². The highest BCUT2D eigenvalue weighted by molar-refractivity contribution is 5.94. The molecule has 1 heterocycles. The second kappa shape index (κ2) is 7.24. The fourth-order valence-corrected chi connectivity index (χ4v) is 3.20. The van der Waals surface area contributed by atoms with Gasteiger partial charge in [-0.15, -0.1) is 0 Å². The maximum Gasteiger partial charge on any atom is 0.251 e. The molecule has 0 aliphatic carbocycles. The first-order valence-corrected chi connectivity index (χ1v) is 8.82. The minimum absolute atomic E-state index is 0.0853. The van der Waals surface area contributed by atoms with Gasteiger partial charge in [-0.25, -0.2) is 0 Å². The van der Waals surface area contributed by atoms with Gasteiger partial charge in [0.05, 0.1) is 6.04 Å². The Balaban J connectivity index is 1.78. The van der Waals surface area contributed by atoms with Crippen LogP contribution in [0.2, 0.25) is 0 Å². The molecule has 2 aromatic carbocycles. The molecule has 1 amide bonds. The van der Waals surface area contributed by atoms with E-state index in [1.807, 2.05) is 32.9 Å². The van der Waals surface area contributed by atoms with E-state index in [9.17, 15) is 4.79 Å². The molecule has 0 fully saturated rings. The molecular weight excluding hydrogens is 326 g/mol. The maximum atomic E-state index is 12.7. The third kappa shape index (κ3) is 4.07. The highest BCUT2D eigenvalue weighted by Crippen LogP contribution is 2.40. The average Bonchev–Trinajstić information content (AvgIpc) is 2.60. The molecule has 4 nitrogen and oxygen atoms in total. The number of benzene rings is 2. The first-order chi connectivity index (χ1) is 12.4. The van der Waals surface area contributed by atoms with Gasteiger partial charge in [-0.2, -0.15) is 0 Å². The predicted molar refractivity (Wildman–Crippen MR) is 103 cm³/mol. The molecule has 0 unspecified atom stereocenters. The number of hydrogen-bond acceptors (Lipinski definition) is 3. The SMILES string of the molecule is C=CCOc1ccc(C(=O)N[C@@H]2CC(C)(C)Oc3ccc(C)cc32)cc1. The van der Waals surface area contributed by atoms with E-state index in [0.29, 0.717) is 12.2 Å². The Hall–Kier alpha value is -2.75. The van der Waals surface area contributed by atoms with Crippen LogP contribution < -0.4 is 14.8 Å². The summed E-state index contributed by atoms with van der Waals surface area (Å²) in [5.74, 6) is 1.45. The van der Waals surface area contributed by atoms with Crippen molar-refractivity contribution in [3.8, 4) is 11.5 Å². The number of fused-ring (bicyclic) bond motifs is 1. The normalized spacial score (nSPS) is 17.6. The Morgan fingerprint density at radius 2 is 2.04 bits per heavy atom. The highest BCUT2D eigenvalue weighted by atomic mass is 16.5. The summed E-state index contributed by atoms with van der Waals surface area (Å²) in [5.41, 5.74) is 2.45. The van der Waals surface area contributed by atoms with E-state index in [-0.39, 0.29) is 17.6 Å². The van der Waals surface area contributed by atoms with Gasteiger partial charge in [-0.1, -0.05) is 30.4 Å². The maximum absolute atomic E-state index is 12.7. The van der Waals surface area contributed by atoms with Gasteiger partial charge in [0.25, 0.3) is 5.91 Å². The van der Waals surface area contributed by atoms with Crippen LogP contribution >= 0.6 is 0 Å². The van der Waals surface area contributed by atoms with Crippen molar-refractivity contribution < 1.29 is 14.3 Å². The predicted octanol–water partition coefficient (Wildman–Crippen LogP) is 4.59. The summed E-state index contributed by atoms with van der Waals surface area (Å²) in [6.45, 7) is 10.2. The molecule has 0 radical (unpaired) electrons. The molecule has 0 spiro atoms. The standard InChI is InChI=1S/C22H25NO3/c1-5-12-25-17-9-7-16(8-10-17)21(24)23-19-14-22(3,4)26-20-11-6-15(2)13-18(19)20/h5-11,13,19H,1,12,14H2,2-4H3,(H,23,24)/t19-/m1/s1. The van der Waals surface area contributed by atoms with Gasteiger partial charge in [-0.05, 0) is 51.1 Å². The lowest BCUT2D eigenvalue weighted by Gasteiger charge is -2.38. The Morgan fingerprint density at radius 1 is 1.31 bits per heavy atom. The van der Waals surface area contributed by atoms with Crippen molar-refractivity contribution in [2.45, 2.75) is 38.8 Å². The first kappa shape index (κ1) is 18.1. The molecule has 0 aromatic heterocycles. The van der Waals surface area contributed by atoms with Crippen molar-refractivity contribution in [3.63, 3.8) is 0 Å². The van der Waals surface area contributed by atoms with E-state index in [4.69, 9.17) is 9.47 Å². The number of nitrogens with one attached hydrogen (secondary N) is 1. The van der Waals surface area contributed by atoms with Gasteiger partial charge >= 0.3 is 0 Å². The van der Waals surface area contributed by atoms with Crippen LogP contribution in [-0.2, 0) is 0 Å². The molecule has 1 aliphatic heterocycles. The van der Waals surface area contributed by atoms with Crippen LogP contribution in [0.3, 0.4) is 0 Å². The van der Waals surface area contributed by atoms with Gasteiger partial charge in [0.2, 0.25) is 0 Å². The highest BCUT2D eigenvalue weighted by Gasteiger charge is 2.34. The van der Waals surface area contributed by atoms with Gasteiger partial charge in [0, 0.05) is 17.5 Å². The van der Waals surface area contributed by atoms with E-state index in [2.05, 4.69) is 18.0 Å². The van der Waals surface area contributed by atoms with Gasteiger partial charge in [-0.3, -0.25) is 4.79 Å². The molecule has 1 aliphatic rings. The van der Waals surface area contributed by atoms with Crippen molar-refractivity contribution >= 4 is 5.91 Å². The molecule has 0 saturated heterocycles. The number of hydrogen-bond donors (Lipinski definition) is 1. The molecule has 0 saturated carbocycles. The van der Waals surface area contributed by atoms with Gasteiger partial charge < -0.3 is 14.8 Å². The van der Waals surface area contributed by atoms with Crippen LogP contribution in [0.15, 0.2) is 55.1 Å². The van der Waals surface area contributed by atoms with E-state index in [1.54, 1.807) is 30.3 Å². The lowest BCUT2D eigenvalue weighted by Crippen LogP contribution is -2.41. The van der Waals surface area contributed by atoms with Crippen LogP contribution in [-0.4, -0.2) is 18.1 Å². The first-order valence-electron chi connectivity index (χ1n) is 8.82. The Labute approximate surface area is 154 Å². The summed E-state index contributed by atoms with van der Waals surface area (Å²) in [6.07, 6.45) is 2.41. The monoisotopic (exact) mass is 351 g/mol. The molecule has 1 N–H and O–H groups in total. The summed E-state index contributed by atoms with van der Waals surface area (Å²) in [4.78, 5) is 12.7. The third-order valence-electron chi connectivity index (χ3n) is 4.41. The zero-order valence-corrected chi connectivity index (χ0v) is 15.5.